The van der Waals surface area contributed by atoms with Crippen molar-refractivity contribution in [2.24, 2.45) is 0 Å². The van der Waals surface area contributed by atoms with Gasteiger partial charge in [0.25, 0.3) is 5.91 Å². The molecule has 0 spiro atoms. The number of amides is 1. The summed E-state index contributed by atoms with van der Waals surface area (Å²) < 4.78 is 0. The second-order valence-electron chi connectivity index (χ2n) is 4.43. The van der Waals surface area contributed by atoms with E-state index in [9.17, 15) is 4.79 Å². The molecule has 0 radical (unpaired) electrons. The molecule has 1 saturated heterocycles. The summed E-state index contributed by atoms with van der Waals surface area (Å²) in [6, 6.07) is 3.42. The Morgan fingerprint density at radius 1 is 1.35 bits per heavy atom. The standard InChI is InChI=1S/C12H16ClN3O/c1-15(2)11-8-9(7-10(13)14-11)12(17)16-5-3-4-6-16/h7-8H,3-6H2,1-2H3. The van der Waals surface area contributed by atoms with E-state index in [1.54, 1.807) is 12.1 Å². The van der Waals surface area contributed by atoms with Crippen molar-refractivity contribution in [2.45, 2.75) is 12.8 Å². The Morgan fingerprint density at radius 3 is 2.59 bits per heavy atom. The van der Waals surface area contributed by atoms with Crippen molar-refractivity contribution in [1.29, 1.82) is 0 Å². The average Bonchev–Trinajstić information content (AvgIpc) is 2.80. The van der Waals surface area contributed by atoms with Gasteiger partial charge in [0, 0.05) is 32.7 Å². The van der Waals surface area contributed by atoms with Gasteiger partial charge in [-0.3, -0.25) is 4.79 Å². The van der Waals surface area contributed by atoms with Crippen LogP contribution in [0.5, 0.6) is 0 Å². The summed E-state index contributed by atoms with van der Waals surface area (Å²) in [5.41, 5.74) is 0.621. The van der Waals surface area contributed by atoms with Gasteiger partial charge in [-0.1, -0.05) is 11.6 Å². The highest BCUT2D eigenvalue weighted by Crippen LogP contribution is 2.19. The molecular weight excluding hydrogens is 238 g/mol. The Labute approximate surface area is 106 Å². The monoisotopic (exact) mass is 253 g/mol. The second kappa shape index (κ2) is 4.92. The lowest BCUT2D eigenvalue weighted by Gasteiger charge is -2.17. The van der Waals surface area contributed by atoms with E-state index in [0.717, 1.165) is 25.9 Å². The highest BCUT2D eigenvalue weighted by Gasteiger charge is 2.20. The summed E-state index contributed by atoms with van der Waals surface area (Å²) in [6.07, 6.45) is 2.18. The van der Waals surface area contributed by atoms with Gasteiger partial charge in [0.2, 0.25) is 0 Å². The van der Waals surface area contributed by atoms with Gasteiger partial charge >= 0.3 is 0 Å². The van der Waals surface area contributed by atoms with Crippen molar-refractivity contribution >= 4 is 23.3 Å². The van der Waals surface area contributed by atoms with Crippen LogP contribution >= 0.6 is 11.6 Å². The Balaban J connectivity index is 2.28. The van der Waals surface area contributed by atoms with Gasteiger partial charge in [-0.05, 0) is 25.0 Å². The summed E-state index contributed by atoms with van der Waals surface area (Å²) in [5.74, 6) is 0.759. The normalized spacial score (nSPS) is 15.1. The number of carbonyl (C=O) groups is 1. The number of likely N-dealkylation sites (tertiary alicyclic amines) is 1. The number of pyridine rings is 1. The van der Waals surface area contributed by atoms with Crippen LogP contribution in [0, 0.1) is 0 Å². The van der Waals surface area contributed by atoms with E-state index in [1.807, 2.05) is 23.9 Å². The summed E-state index contributed by atoms with van der Waals surface area (Å²) in [7, 11) is 3.76. The van der Waals surface area contributed by atoms with E-state index < -0.39 is 0 Å². The lowest BCUT2D eigenvalue weighted by atomic mass is 10.2. The number of anilines is 1. The number of aromatic nitrogens is 1. The minimum absolute atomic E-state index is 0.0508. The summed E-state index contributed by atoms with van der Waals surface area (Å²) in [4.78, 5) is 20.1. The molecule has 0 bridgehead atoms. The summed E-state index contributed by atoms with van der Waals surface area (Å²) in [5, 5.41) is 0.360. The zero-order chi connectivity index (χ0) is 12.4. The number of halogens is 1. The van der Waals surface area contributed by atoms with Crippen LogP contribution in [-0.4, -0.2) is 43.0 Å². The molecule has 1 amide bonds. The second-order valence-corrected chi connectivity index (χ2v) is 4.82. The lowest BCUT2D eigenvalue weighted by molar-refractivity contribution is 0.0793. The number of nitrogens with zero attached hydrogens (tertiary/aromatic N) is 3. The third-order valence-corrected chi connectivity index (χ3v) is 3.07. The van der Waals surface area contributed by atoms with Crippen molar-refractivity contribution in [1.82, 2.24) is 9.88 Å². The van der Waals surface area contributed by atoms with Gasteiger partial charge in [-0.25, -0.2) is 4.98 Å². The SMILES string of the molecule is CN(C)c1cc(C(=O)N2CCCC2)cc(Cl)n1. The van der Waals surface area contributed by atoms with Gasteiger partial charge in [0.1, 0.15) is 11.0 Å². The first-order chi connectivity index (χ1) is 8.08. The molecule has 0 aromatic carbocycles. The van der Waals surface area contributed by atoms with E-state index >= 15 is 0 Å². The van der Waals surface area contributed by atoms with Crippen LogP contribution in [0.3, 0.4) is 0 Å². The molecule has 5 heteroatoms. The molecule has 1 aliphatic heterocycles. The first-order valence-electron chi connectivity index (χ1n) is 5.72. The van der Waals surface area contributed by atoms with Gasteiger partial charge in [0.05, 0.1) is 0 Å². The van der Waals surface area contributed by atoms with Crippen molar-refractivity contribution in [3.05, 3.63) is 22.8 Å². The fourth-order valence-corrected chi connectivity index (χ4v) is 2.14. The molecule has 17 heavy (non-hydrogen) atoms. The Kier molecular flexibility index (Phi) is 3.52. The molecule has 2 rings (SSSR count). The van der Waals surface area contributed by atoms with Crippen LogP contribution in [-0.2, 0) is 0 Å². The van der Waals surface area contributed by atoms with Crippen LogP contribution < -0.4 is 4.90 Å². The minimum atomic E-state index is 0.0508. The van der Waals surface area contributed by atoms with Crippen LogP contribution in [0.25, 0.3) is 0 Å². The molecule has 0 atom stereocenters. The fourth-order valence-electron chi connectivity index (χ4n) is 1.94. The Morgan fingerprint density at radius 2 is 2.00 bits per heavy atom. The zero-order valence-electron chi connectivity index (χ0n) is 10.1. The number of carbonyl (C=O) groups excluding carboxylic acids is 1. The summed E-state index contributed by atoms with van der Waals surface area (Å²) in [6.45, 7) is 1.69. The largest absolute Gasteiger partial charge is 0.363 e. The van der Waals surface area contributed by atoms with Crippen LogP contribution in [0.15, 0.2) is 12.1 Å². The minimum Gasteiger partial charge on any atom is -0.363 e. The molecule has 1 aromatic heterocycles. The van der Waals surface area contributed by atoms with Crippen molar-refractivity contribution in [2.75, 3.05) is 32.1 Å². The molecule has 0 saturated carbocycles. The molecule has 92 valence electrons. The van der Waals surface area contributed by atoms with Crippen LogP contribution in [0.2, 0.25) is 5.15 Å². The van der Waals surface area contributed by atoms with E-state index in [2.05, 4.69) is 4.98 Å². The fraction of sp³-hybridized carbons (Fsp3) is 0.500. The highest BCUT2D eigenvalue weighted by molar-refractivity contribution is 6.29. The van der Waals surface area contributed by atoms with E-state index in [-0.39, 0.29) is 5.91 Å². The Hall–Kier alpha value is -1.29. The van der Waals surface area contributed by atoms with Crippen LogP contribution in [0.4, 0.5) is 5.82 Å². The molecule has 0 N–H and O–H groups in total. The van der Waals surface area contributed by atoms with Gasteiger partial charge in [-0.15, -0.1) is 0 Å². The van der Waals surface area contributed by atoms with Gasteiger partial charge in [0.15, 0.2) is 0 Å². The predicted molar refractivity (Wildman–Crippen MR) is 68.7 cm³/mol. The first kappa shape index (κ1) is 12.2. The zero-order valence-corrected chi connectivity index (χ0v) is 10.9. The van der Waals surface area contributed by atoms with Crippen molar-refractivity contribution in [3.8, 4) is 0 Å². The molecule has 1 fully saturated rings. The maximum atomic E-state index is 12.2. The molecule has 1 aliphatic rings. The third kappa shape index (κ3) is 2.69. The number of rotatable bonds is 2. The van der Waals surface area contributed by atoms with E-state index in [0.29, 0.717) is 16.5 Å². The molecule has 0 aliphatic carbocycles. The maximum Gasteiger partial charge on any atom is 0.254 e. The highest BCUT2D eigenvalue weighted by atomic mass is 35.5. The van der Waals surface area contributed by atoms with Crippen molar-refractivity contribution in [3.63, 3.8) is 0 Å². The van der Waals surface area contributed by atoms with E-state index in [4.69, 9.17) is 11.6 Å². The lowest BCUT2D eigenvalue weighted by Crippen LogP contribution is -2.28. The van der Waals surface area contributed by atoms with Gasteiger partial charge in [-0.2, -0.15) is 0 Å². The predicted octanol–water partition coefficient (Wildman–Crippen LogP) is 2.04. The third-order valence-electron chi connectivity index (χ3n) is 2.88. The first-order valence-corrected chi connectivity index (χ1v) is 6.10. The molecule has 0 unspecified atom stereocenters. The average molecular weight is 254 g/mol. The topological polar surface area (TPSA) is 36.4 Å². The quantitative estimate of drug-likeness (QED) is 0.757. The summed E-state index contributed by atoms with van der Waals surface area (Å²) >= 11 is 5.94. The maximum absolute atomic E-state index is 12.2. The smallest absolute Gasteiger partial charge is 0.254 e. The van der Waals surface area contributed by atoms with Crippen molar-refractivity contribution < 1.29 is 4.79 Å². The van der Waals surface area contributed by atoms with Crippen LogP contribution in [0.1, 0.15) is 23.2 Å². The molecule has 2 heterocycles. The molecular formula is C12H16ClN3O. The Bertz CT molecular complexity index is 428. The number of hydrogen-bond donors (Lipinski definition) is 0. The number of hydrogen-bond acceptors (Lipinski definition) is 3. The van der Waals surface area contributed by atoms with Gasteiger partial charge < -0.3 is 9.80 Å². The van der Waals surface area contributed by atoms with E-state index in [1.165, 1.54) is 0 Å². The molecule has 4 nitrogen and oxygen atoms in total. The molecule has 1 aromatic rings.